The molecule has 0 aliphatic heterocycles. The first-order chi connectivity index (χ1) is 11.2. The zero-order chi connectivity index (χ0) is 18.0. The Balaban J connectivity index is 2.56. The maximum absolute atomic E-state index is 11.4. The van der Waals surface area contributed by atoms with Gasteiger partial charge in [-0.15, -0.1) is 0 Å². The summed E-state index contributed by atoms with van der Waals surface area (Å²) in [5.74, 6) is 0. The van der Waals surface area contributed by atoms with E-state index in [1.807, 2.05) is 0 Å². The number of benzene rings is 2. The van der Waals surface area contributed by atoms with Crippen molar-refractivity contribution in [2.24, 2.45) is 0 Å². The predicted molar refractivity (Wildman–Crippen MR) is 104 cm³/mol. The van der Waals surface area contributed by atoms with Gasteiger partial charge >= 0.3 is 0 Å². The Hall–Kier alpha value is -1.52. The summed E-state index contributed by atoms with van der Waals surface area (Å²) in [6.07, 6.45) is 0. The second kappa shape index (κ2) is 7.58. The van der Waals surface area contributed by atoms with Gasteiger partial charge in [0.05, 0.1) is 0 Å². The van der Waals surface area contributed by atoms with Crippen molar-refractivity contribution in [3.05, 3.63) is 46.5 Å². The smallest absolute Gasteiger partial charge is 0.190 e. The summed E-state index contributed by atoms with van der Waals surface area (Å²) in [5.41, 5.74) is 7.09. The average molecular weight is 359 g/mol. The third kappa shape index (κ3) is 4.31. The highest BCUT2D eigenvalue weighted by molar-refractivity contribution is 8.13. The molecule has 0 heterocycles. The SMILES string of the molecule is CC(=O)Sc1cc(C)c(-c2c(C)cc(SC(C)=O)cc2C)c(C)c1. The van der Waals surface area contributed by atoms with Crippen molar-refractivity contribution < 1.29 is 9.59 Å². The molecule has 0 spiro atoms. The van der Waals surface area contributed by atoms with Crippen molar-refractivity contribution >= 4 is 33.8 Å². The Kier molecular flexibility index (Phi) is 5.94. The van der Waals surface area contributed by atoms with Gasteiger partial charge in [-0.1, -0.05) is 23.5 Å². The van der Waals surface area contributed by atoms with Crippen LogP contribution in [0.2, 0.25) is 0 Å². The van der Waals surface area contributed by atoms with Gasteiger partial charge < -0.3 is 0 Å². The van der Waals surface area contributed by atoms with Crippen LogP contribution in [0.4, 0.5) is 0 Å². The van der Waals surface area contributed by atoms with Gasteiger partial charge in [-0.2, -0.15) is 0 Å². The van der Waals surface area contributed by atoms with Crippen molar-refractivity contribution in [3.8, 4) is 11.1 Å². The molecule has 0 aliphatic carbocycles. The van der Waals surface area contributed by atoms with Crippen molar-refractivity contribution in [2.75, 3.05) is 0 Å². The van der Waals surface area contributed by atoms with Gasteiger partial charge in [-0.25, -0.2) is 0 Å². The minimum absolute atomic E-state index is 0.0968. The lowest BCUT2D eigenvalue weighted by molar-refractivity contribution is -0.109. The Morgan fingerprint density at radius 2 is 0.875 bits per heavy atom. The van der Waals surface area contributed by atoms with Crippen LogP contribution in [0.3, 0.4) is 0 Å². The lowest BCUT2D eigenvalue weighted by Gasteiger charge is -2.18. The molecule has 2 nitrogen and oxygen atoms in total. The fourth-order valence-corrected chi connectivity index (χ4v) is 4.69. The first kappa shape index (κ1) is 18.8. The number of carbonyl (C=O) groups excluding carboxylic acids is 2. The normalized spacial score (nSPS) is 10.8. The van der Waals surface area contributed by atoms with Crippen molar-refractivity contribution in [2.45, 2.75) is 51.3 Å². The fraction of sp³-hybridized carbons (Fsp3) is 0.300. The lowest BCUT2D eigenvalue weighted by Crippen LogP contribution is -1.96. The summed E-state index contributed by atoms with van der Waals surface area (Å²) in [7, 11) is 0. The molecule has 0 atom stereocenters. The molecule has 0 saturated heterocycles. The minimum atomic E-state index is 0.0968. The standard InChI is InChI=1S/C20H22O2S2/c1-11-7-17(23-15(5)21)8-12(2)19(11)20-13(3)9-18(10-14(20)4)24-16(6)22/h7-10H,1-6H3. The number of thioether (sulfide) groups is 2. The van der Waals surface area contributed by atoms with Gasteiger partial charge in [0.2, 0.25) is 0 Å². The average Bonchev–Trinajstić information content (AvgIpc) is 2.39. The number of carbonyl (C=O) groups is 2. The molecule has 0 saturated carbocycles. The van der Waals surface area contributed by atoms with E-state index in [4.69, 9.17) is 0 Å². The van der Waals surface area contributed by atoms with Gasteiger partial charge in [0, 0.05) is 23.6 Å². The first-order valence-corrected chi connectivity index (χ1v) is 9.42. The Bertz CT molecular complexity index is 707. The summed E-state index contributed by atoms with van der Waals surface area (Å²) in [6, 6.07) is 8.30. The minimum Gasteiger partial charge on any atom is -0.287 e. The summed E-state index contributed by atoms with van der Waals surface area (Å²) in [6.45, 7) is 11.5. The summed E-state index contributed by atoms with van der Waals surface area (Å²) >= 11 is 2.54. The van der Waals surface area contributed by atoms with Crippen molar-refractivity contribution in [1.29, 1.82) is 0 Å². The third-order valence-electron chi connectivity index (χ3n) is 3.79. The zero-order valence-electron chi connectivity index (χ0n) is 14.9. The number of rotatable bonds is 3. The van der Waals surface area contributed by atoms with Gasteiger partial charge in [0.25, 0.3) is 0 Å². The molecule has 2 aromatic rings. The van der Waals surface area contributed by atoms with Gasteiger partial charge in [0.1, 0.15) is 0 Å². The highest BCUT2D eigenvalue weighted by Crippen LogP contribution is 2.37. The zero-order valence-corrected chi connectivity index (χ0v) is 16.6. The molecular formula is C20H22O2S2. The maximum Gasteiger partial charge on any atom is 0.190 e. The van der Waals surface area contributed by atoms with E-state index < -0.39 is 0 Å². The monoisotopic (exact) mass is 358 g/mol. The lowest BCUT2D eigenvalue weighted by atomic mass is 9.89. The van der Waals surface area contributed by atoms with Gasteiger partial charge in [-0.3, -0.25) is 9.59 Å². The van der Waals surface area contributed by atoms with E-state index in [2.05, 4.69) is 52.0 Å². The van der Waals surface area contributed by atoms with E-state index in [-0.39, 0.29) is 10.2 Å². The Morgan fingerprint density at radius 3 is 1.08 bits per heavy atom. The van der Waals surface area contributed by atoms with Crippen molar-refractivity contribution in [1.82, 2.24) is 0 Å². The largest absolute Gasteiger partial charge is 0.287 e. The fourth-order valence-electron chi connectivity index (χ4n) is 3.09. The van der Waals surface area contributed by atoms with E-state index in [9.17, 15) is 9.59 Å². The summed E-state index contributed by atoms with van der Waals surface area (Å²) in [5, 5.41) is 0.194. The molecule has 0 aromatic heterocycles. The van der Waals surface area contributed by atoms with E-state index >= 15 is 0 Å². The topological polar surface area (TPSA) is 34.1 Å². The molecule has 4 heteroatoms. The number of hydrogen-bond acceptors (Lipinski definition) is 4. The highest BCUT2D eigenvalue weighted by atomic mass is 32.2. The van der Waals surface area contributed by atoms with E-state index in [0.29, 0.717) is 0 Å². The maximum atomic E-state index is 11.4. The number of hydrogen-bond donors (Lipinski definition) is 0. The molecule has 2 aromatic carbocycles. The van der Waals surface area contributed by atoms with Crippen LogP contribution in [0.15, 0.2) is 34.1 Å². The first-order valence-electron chi connectivity index (χ1n) is 7.78. The van der Waals surface area contributed by atoms with E-state index in [1.165, 1.54) is 34.7 Å². The molecule has 0 fully saturated rings. The van der Waals surface area contributed by atoms with Gasteiger partial charge in [0.15, 0.2) is 10.2 Å². The molecule has 0 unspecified atom stereocenters. The van der Waals surface area contributed by atoms with E-state index in [0.717, 1.165) is 32.0 Å². The molecule has 0 amide bonds. The van der Waals surface area contributed by atoms with Crippen molar-refractivity contribution in [3.63, 3.8) is 0 Å². The van der Waals surface area contributed by atoms with Crippen LogP contribution in [-0.2, 0) is 9.59 Å². The van der Waals surface area contributed by atoms with Crippen LogP contribution in [0.5, 0.6) is 0 Å². The quantitative estimate of drug-likeness (QED) is 0.643. The van der Waals surface area contributed by atoms with Crippen LogP contribution >= 0.6 is 23.5 Å². The molecule has 0 N–H and O–H groups in total. The third-order valence-corrected chi connectivity index (χ3v) is 5.30. The van der Waals surface area contributed by atoms with Crippen LogP contribution in [0.1, 0.15) is 36.1 Å². The molecule has 0 bridgehead atoms. The highest BCUT2D eigenvalue weighted by Gasteiger charge is 2.15. The molecule has 0 aliphatic rings. The summed E-state index contributed by atoms with van der Waals surface area (Å²) in [4.78, 5) is 24.7. The second-order valence-electron chi connectivity index (χ2n) is 6.05. The summed E-state index contributed by atoms with van der Waals surface area (Å²) < 4.78 is 0. The molecule has 2 rings (SSSR count). The number of aryl methyl sites for hydroxylation is 4. The van der Waals surface area contributed by atoms with E-state index in [1.54, 1.807) is 13.8 Å². The molecule has 126 valence electrons. The second-order valence-corrected chi connectivity index (χ2v) is 8.55. The Morgan fingerprint density at radius 1 is 0.625 bits per heavy atom. The van der Waals surface area contributed by atoms with Crippen LogP contribution in [0.25, 0.3) is 11.1 Å². The van der Waals surface area contributed by atoms with Gasteiger partial charge in [-0.05, 0) is 85.3 Å². The predicted octanol–water partition coefficient (Wildman–Crippen LogP) is 5.86. The Labute approximate surface area is 152 Å². The molecular weight excluding hydrogens is 336 g/mol. The van der Waals surface area contributed by atoms with Crippen LogP contribution in [-0.4, -0.2) is 10.2 Å². The molecule has 24 heavy (non-hydrogen) atoms. The van der Waals surface area contributed by atoms with Crippen LogP contribution in [0, 0.1) is 27.7 Å². The molecule has 0 radical (unpaired) electrons. The van der Waals surface area contributed by atoms with Crippen LogP contribution < -0.4 is 0 Å².